The number of alkyl halides is 2. The second-order valence-electron chi connectivity index (χ2n) is 4.69. The molecule has 0 heterocycles. The van der Waals surface area contributed by atoms with Crippen molar-refractivity contribution in [2.75, 3.05) is 6.61 Å². The van der Waals surface area contributed by atoms with Crippen molar-refractivity contribution in [2.45, 2.75) is 36.5 Å². The van der Waals surface area contributed by atoms with Gasteiger partial charge >= 0.3 is 0 Å². The predicted molar refractivity (Wildman–Crippen MR) is 71.6 cm³/mol. The van der Waals surface area contributed by atoms with Gasteiger partial charge in [-0.25, -0.2) is 0 Å². The molecule has 0 atom stereocenters. The molecule has 0 aromatic heterocycles. The maximum Gasteiger partial charge on any atom is 0.288 e. The van der Waals surface area contributed by atoms with E-state index in [0.717, 1.165) is 0 Å². The number of aliphatic hydroxyl groups excluding tert-OH is 1. The number of halogens is 2. The highest BCUT2D eigenvalue weighted by molar-refractivity contribution is 7.99. The van der Waals surface area contributed by atoms with Crippen LogP contribution in [0.2, 0.25) is 0 Å². The van der Waals surface area contributed by atoms with Crippen LogP contribution >= 0.6 is 11.8 Å². The molecule has 0 saturated carbocycles. The molecule has 0 fully saturated rings. The molecular weight excluding hydrogens is 272 g/mol. The Kier molecular flexibility index (Phi) is 5.75. The minimum Gasteiger partial charge on any atom is -0.396 e. The molecule has 3 nitrogen and oxygen atoms in total. The summed E-state index contributed by atoms with van der Waals surface area (Å²) in [5.41, 5.74) is -0.368. The van der Waals surface area contributed by atoms with E-state index >= 15 is 0 Å². The van der Waals surface area contributed by atoms with Gasteiger partial charge in [0.2, 0.25) is 0 Å². The van der Waals surface area contributed by atoms with Crippen LogP contribution in [0.15, 0.2) is 29.2 Å². The molecule has 0 radical (unpaired) electrons. The third kappa shape index (κ3) is 5.16. The first-order chi connectivity index (χ1) is 8.85. The number of hydrogen-bond acceptors (Lipinski definition) is 3. The molecule has 1 aromatic rings. The number of amides is 1. The zero-order valence-electron chi connectivity index (χ0n) is 10.8. The summed E-state index contributed by atoms with van der Waals surface area (Å²) in [6, 6.07) is 6.24. The Labute approximate surface area is 115 Å². The lowest BCUT2D eigenvalue weighted by Gasteiger charge is -2.25. The van der Waals surface area contributed by atoms with E-state index in [1.807, 2.05) is 0 Å². The lowest BCUT2D eigenvalue weighted by Crippen LogP contribution is -2.44. The Bertz CT molecular complexity index is 438. The summed E-state index contributed by atoms with van der Waals surface area (Å²) >= 11 is 0.349. The molecule has 0 unspecified atom stereocenters. The summed E-state index contributed by atoms with van der Waals surface area (Å²) in [7, 11) is 0. The van der Waals surface area contributed by atoms with Gasteiger partial charge in [0, 0.05) is 17.0 Å². The minimum absolute atomic E-state index is 0.0549. The van der Waals surface area contributed by atoms with E-state index in [9.17, 15) is 13.6 Å². The molecule has 0 aliphatic heterocycles. The molecule has 19 heavy (non-hydrogen) atoms. The number of hydrogen-bond donors (Lipinski definition) is 2. The highest BCUT2D eigenvalue weighted by Crippen LogP contribution is 2.28. The van der Waals surface area contributed by atoms with E-state index in [4.69, 9.17) is 5.11 Å². The van der Waals surface area contributed by atoms with Crippen LogP contribution in [-0.2, 0) is 0 Å². The van der Waals surface area contributed by atoms with Crippen molar-refractivity contribution in [3.63, 3.8) is 0 Å². The van der Waals surface area contributed by atoms with Crippen molar-refractivity contribution >= 4 is 17.7 Å². The minimum atomic E-state index is -2.57. The first kappa shape index (κ1) is 15.9. The van der Waals surface area contributed by atoms with Gasteiger partial charge in [0.1, 0.15) is 0 Å². The van der Waals surface area contributed by atoms with Crippen LogP contribution in [0.4, 0.5) is 8.78 Å². The number of carbonyl (C=O) groups is 1. The second kappa shape index (κ2) is 6.86. The van der Waals surface area contributed by atoms with E-state index in [1.54, 1.807) is 26.0 Å². The van der Waals surface area contributed by atoms with Gasteiger partial charge in [-0.2, -0.15) is 8.78 Å². The van der Waals surface area contributed by atoms with Gasteiger partial charge in [-0.15, -0.1) is 0 Å². The fourth-order valence-corrected chi connectivity index (χ4v) is 2.21. The molecule has 106 valence electrons. The standard InChI is InChI=1S/C13H17F2NO2S/c1-13(2,7-8-17)16-11(18)9-5-3-4-6-10(9)19-12(14)15/h3-6,12,17H,7-8H2,1-2H3,(H,16,18). The average molecular weight is 289 g/mol. The zero-order chi connectivity index (χ0) is 14.5. The quantitative estimate of drug-likeness (QED) is 0.792. The topological polar surface area (TPSA) is 49.3 Å². The van der Waals surface area contributed by atoms with Crippen LogP contribution in [0.5, 0.6) is 0 Å². The SMILES string of the molecule is CC(C)(CCO)NC(=O)c1ccccc1SC(F)F. The molecule has 0 spiro atoms. The maximum absolute atomic E-state index is 12.4. The Morgan fingerprint density at radius 1 is 1.42 bits per heavy atom. The Morgan fingerprint density at radius 2 is 2.05 bits per heavy atom. The van der Waals surface area contributed by atoms with Gasteiger partial charge in [0.15, 0.2) is 0 Å². The van der Waals surface area contributed by atoms with Gasteiger partial charge < -0.3 is 10.4 Å². The molecule has 0 saturated heterocycles. The lowest BCUT2D eigenvalue weighted by molar-refractivity contribution is 0.0896. The van der Waals surface area contributed by atoms with Crippen LogP contribution in [-0.4, -0.2) is 28.9 Å². The van der Waals surface area contributed by atoms with Crippen molar-refractivity contribution in [1.29, 1.82) is 0 Å². The molecule has 0 aliphatic rings. The summed E-state index contributed by atoms with van der Waals surface area (Å²) in [5, 5.41) is 11.6. The van der Waals surface area contributed by atoms with Crippen LogP contribution in [0.25, 0.3) is 0 Å². The van der Waals surface area contributed by atoms with Gasteiger partial charge in [0.25, 0.3) is 11.7 Å². The van der Waals surface area contributed by atoms with Crippen molar-refractivity contribution in [3.05, 3.63) is 29.8 Å². The van der Waals surface area contributed by atoms with Gasteiger partial charge in [-0.3, -0.25) is 4.79 Å². The molecular formula is C13H17F2NO2S. The van der Waals surface area contributed by atoms with E-state index in [1.165, 1.54) is 12.1 Å². The lowest BCUT2D eigenvalue weighted by atomic mass is 10.0. The van der Waals surface area contributed by atoms with E-state index in [0.29, 0.717) is 18.2 Å². The first-order valence-corrected chi connectivity index (χ1v) is 6.71. The van der Waals surface area contributed by atoms with Gasteiger partial charge in [-0.05, 0) is 32.4 Å². The fourth-order valence-electron chi connectivity index (χ4n) is 1.57. The molecule has 2 N–H and O–H groups in total. The number of thioether (sulfide) groups is 1. The molecule has 0 aliphatic carbocycles. The summed E-state index contributed by atoms with van der Waals surface area (Å²) in [4.78, 5) is 12.3. The summed E-state index contributed by atoms with van der Waals surface area (Å²) in [6.45, 7) is 3.48. The third-order valence-electron chi connectivity index (χ3n) is 2.54. The third-order valence-corrected chi connectivity index (χ3v) is 3.32. The fraction of sp³-hybridized carbons (Fsp3) is 0.462. The van der Waals surface area contributed by atoms with Gasteiger partial charge in [0.05, 0.1) is 5.56 Å². The highest BCUT2D eigenvalue weighted by atomic mass is 32.2. The molecule has 6 heteroatoms. The number of benzene rings is 1. The monoisotopic (exact) mass is 289 g/mol. The molecule has 1 amide bonds. The van der Waals surface area contributed by atoms with E-state index in [-0.39, 0.29) is 17.1 Å². The maximum atomic E-state index is 12.4. The highest BCUT2D eigenvalue weighted by Gasteiger charge is 2.22. The van der Waals surface area contributed by atoms with Crippen LogP contribution in [0.1, 0.15) is 30.6 Å². The van der Waals surface area contributed by atoms with Crippen LogP contribution in [0, 0.1) is 0 Å². The number of carbonyl (C=O) groups excluding carboxylic acids is 1. The second-order valence-corrected chi connectivity index (χ2v) is 5.72. The van der Waals surface area contributed by atoms with Gasteiger partial charge in [-0.1, -0.05) is 23.9 Å². The number of aliphatic hydroxyl groups is 1. The van der Waals surface area contributed by atoms with Crippen LogP contribution < -0.4 is 5.32 Å². The van der Waals surface area contributed by atoms with Crippen molar-refractivity contribution < 1.29 is 18.7 Å². The smallest absolute Gasteiger partial charge is 0.288 e. The average Bonchev–Trinajstić information content (AvgIpc) is 2.27. The predicted octanol–water partition coefficient (Wildman–Crippen LogP) is 2.89. The van der Waals surface area contributed by atoms with E-state index < -0.39 is 17.2 Å². The first-order valence-electron chi connectivity index (χ1n) is 5.83. The molecule has 1 aromatic carbocycles. The Morgan fingerprint density at radius 3 is 2.63 bits per heavy atom. The molecule has 0 bridgehead atoms. The van der Waals surface area contributed by atoms with Crippen molar-refractivity contribution in [3.8, 4) is 0 Å². The summed E-state index contributed by atoms with van der Waals surface area (Å²) in [6.07, 6.45) is 0.392. The number of nitrogens with one attached hydrogen (secondary N) is 1. The summed E-state index contributed by atoms with van der Waals surface area (Å²) in [5.74, 6) is -2.98. The normalized spacial score (nSPS) is 11.7. The largest absolute Gasteiger partial charge is 0.396 e. The van der Waals surface area contributed by atoms with Crippen LogP contribution in [0.3, 0.4) is 0 Å². The molecule has 1 rings (SSSR count). The Balaban J connectivity index is 2.87. The summed E-state index contributed by atoms with van der Waals surface area (Å²) < 4.78 is 24.8. The number of rotatable bonds is 6. The van der Waals surface area contributed by atoms with Crippen molar-refractivity contribution in [1.82, 2.24) is 5.32 Å². The van der Waals surface area contributed by atoms with E-state index in [2.05, 4.69) is 5.32 Å². The zero-order valence-corrected chi connectivity index (χ0v) is 11.6. The van der Waals surface area contributed by atoms with Crippen molar-refractivity contribution in [2.24, 2.45) is 0 Å². The Hall–Kier alpha value is -1.14.